The molecule has 0 bridgehead atoms. The van der Waals surface area contributed by atoms with Crippen molar-refractivity contribution in [3.63, 3.8) is 0 Å². The van der Waals surface area contributed by atoms with Gasteiger partial charge >= 0.3 is 5.97 Å². The zero-order valence-electron chi connectivity index (χ0n) is 13.2. The van der Waals surface area contributed by atoms with E-state index in [1.54, 1.807) is 31.2 Å². The first kappa shape index (κ1) is 18.8. The van der Waals surface area contributed by atoms with Crippen LogP contribution in [0.1, 0.15) is 29.3 Å². The smallest absolute Gasteiger partial charge is 0.330 e. The van der Waals surface area contributed by atoms with Gasteiger partial charge < -0.3 is 10.4 Å². The second kappa shape index (κ2) is 7.54. The number of nitrogens with one attached hydrogen (secondary N) is 2. The average Bonchev–Trinajstić information content (AvgIpc) is 3.03. The van der Waals surface area contributed by atoms with E-state index in [0.29, 0.717) is 29.1 Å². The second-order valence-corrected chi connectivity index (χ2v) is 8.77. The minimum Gasteiger partial charge on any atom is -0.479 e. The quantitative estimate of drug-likeness (QED) is 0.653. The zero-order chi connectivity index (χ0) is 17.8. The molecule has 1 unspecified atom stereocenters. The van der Waals surface area contributed by atoms with Gasteiger partial charge in [-0.3, -0.25) is 4.79 Å². The lowest BCUT2D eigenvalue weighted by Gasteiger charge is -2.24. The first-order valence-corrected chi connectivity index (χ1v) is 10.3. The standard InChI is InChI=1S/C15H20N2O5S2/c1-2-24(21,22)16-9-11-3-5-12(6-4-11)13(18)17-15(14(19)20)7-8-23-10-15/h3-6,16H,2,7-10H2,1H3,(H,17,18)(H,19,20). The topological polar surface area (TPSA) is 113 Å². The SMILES string of the molecule is CCS(=O)(=O)NCc1ccc(C(=O)NC2(C(=O)O)CCSC2)cc1. The van der Waals surface area contributed by atoms with Gasteiger partial charge in [0.15, 0.2) is 0 Å². The number of rotatable bonds is 7. The number of carbonyl (C=O) groups excluding carboxylic acids is 1. The third kappa shape index (κ3) is 4.49. The molecule has 0 spiro atoms. The lowest BCUT2D eigenvalue weighted by Crippen LogP contribution is -2.54. The number of amides is 1. The lowest BCUT2D eigenvalue weighted by molar-refractivity contribution is -0.143. The third-order valence-electron chi connectivity index (χ3n) is 3.88. The Morgan fingerprint density at radius 3 is 2.46 bits per heavy atom. The fraction of sp³-hybridized carbons (Fsp3) is 0.467. The molecular formula is C15H20N2O5S2. The summed E-state index contributed by atoms with van der Waals surface area (Å²) in [6, 6.07) is 6.40. The molecule has 7 nitrogen and oxygen atoms in total. The largest absolute Gasteiger partial charge is 0.479 e. The van der Waals surface area contributed by atoms with Crippen LogP contribution < -0.4 is 10.0 Å². The third-order valence-corrected chi connectivity index (χ3v) is 6.41. The maximum absolute atomic E-state index is 12.3. The van der Waals surface area contributed by atoms with Crippen LogP contribution in [0.3, 0.4) is 0 Å². The monoisotopic (exact) mass is 372 g/mol. The van der Waals surface area contributed by atoms with Crippen molar-refractivity contribution in [1.82, 2.24) is 10.0 Å². The summed E-state index contributed by atoms with van der Waals surface area (Å²) < 4.78 is 25.3. The van der Waals surface area contributed by atoms with Crippen LogP contribution in [0.2, 0.25) is 0 Å². The Balaban J connectivity index is 2.02. The molecule has 0 aromatic heterocycles. The Morgan fingerprint density at radius 1 is 1.29 bits per heavy atom. The van der Waals surface area contributed by atoms with Crippen LogP contribution in [-0.2, 0) is 21.4 Å². The molecule has 1 heterocycles. The van der Waals surface area contributed by atoms with Crippen LogP contribution in [0.4, 0.5) is 0 Å². The molecule has 1 aromatic carbocycles. The number of carboxylic acids is 1. The predicted octanol–water partition coefficient (Wildman–Crippen LogP) is 0.816. The van der Waals surface area contributed by atoms with Crippen molar-refractivity contribution in [2.24, 2.45) is 0 Å². The molecule has 0 radical (unpaired) electrons. The van der Waals surface area contributed by atoms with Gasteiger partial charge in [-0.05, 0) is 36.8 Å². The molecule has 1 aromatic rings. The summed E-state index contributed by atoms with van der Waals surface area (Å²) in [5, 5.41) is 12.0. The Morgan fingerprint density at radius 2 is 1.96 bits per heavy atom. The first-order valence-electron chi connectivity index (χ1n) is 7.48. The minimum absolute atomic E-state index is 0.00275. The van der Waals surface area contributed by atoms with Crippen LogP contribution in [0.5, 0.6) is 0 Å². The number of sulfonamides is 1. The molecule has 2 rings (SSSR count). The molecule has 3 N–H and O–H groups in total. The normalized spacial score (nSPS) is 20.7. The average molecular weight is 372 g/mol. The van der Waals surface area contributed by atoms with Gasteiger partial charge in [0.25, 0.3) is 5.91 Å². The Hall–Kier alpha value is -1.58. The van der Waals surface area contributed by atoms with Crippen molar-refractivity contribution in [3.8, 4) is 0 Å². The van der Waals surface area contributed by atoms with Crippen LogP contribution in [0.15, 0.2) is 24.3 Å². The van der Waals surface area contributed by atoms with E-state index >= 15 is 0 Å². The highest BCUT2D eigenvalue weighted by Crippen LogP contribution is 2.28. The molecule has 1 amide bonds. The van der Waals surface area contributed by atoms with E-state index < -0.39 is 27.4 Å². The number of carbonyl (C=O) groups is 2. The summed E-state index contributed by atoms with van der Waals surface area (Å²) in [5.41, 5.74) is -0.153. The summed E-state index contributed by atoms with van der Waals surface area (Å²) in [7, 11) is -3.27. The van der Waals surface area contributed by atoms with Crippen LogP contribution in [-0.4, -0.2) is 48.2 Å². The highest BCUT2D eigenvalue weighted by atomic mass is 32.2. The maximum atomic E-state index is 12.3. The molecule has 0 aliphatic carbocycles. The molecule has 0 saturated carbocycles. The number of benzene rings is 1. The van der Waals surface area contributed by atoms with E-state index in [4.69, 9.17) is 0 Å². The number of hydrogen-bond acceptors (Lipinski definition) is 5. The number of hydrogen-bond donors (Lipinski definition) is 3. The van der Waals surface area contributed by atoms with Crippen molar-refractivity contribution in [3.05, 3.63) is 35.4 Å². The minimum atomic E-state index is -3.27. The van der Waals surface area contributed by atoms with E-state index in [-0.39, 0.29) is 12.3 Å². The summed E-state index contributed by atoms with van der Waals surface area (Å²) in [6.45, 7) is 1.70. The van der Waals surface area contributed by atoms with Crippen molar-refractivity contribution < 1.29 is 23.1 Å². The van der Waals surface area contributed by atoms with Gasteiger partial charge in [-0.15, -0.1) is 0 Å². The van der Waals surface area contributed by atoms with E-state index in [1.165, 1.54) is 11.8 Å². The summed E-state index contributed by atoms with van der Waals surface area (Å²) >= 11 is 1.50. The van der Waals surface area contributed by atoms with Crippen molar-refractivity contribution in [1.29, 1.82) is 0 Å². The number of aliphatic carboxylic acids is 1. The molecule has 1 saturated heterocycles. The van der Waals surface area contributed by atoms with Gasteiger partial charge in [-0.25, -0.2) is 17.9 Å². The van der Waals surface area contributed by atoms with Gasteiger partial charge in [-0.1, -0.05) is 12.1 Å². The van der Waals surface area contributed by atoms with Gasteiger partial charge in [0.1, 0.15) is 5.54 Å². The maximum Gasteiger partial charge on any atom is 0.330 e. The second-order valence-electron chi connectivity index (χ2n) is 5.57. The Labute approximate surface area is 145 Å². The molecule has 9 heteroatoms. The zero-order valence-corrected chi connectivity index (χ0v) is 14.9. The van der Waals surface area contributed by atoms with Crippen molar-refractivity contribution in [2.75, 3.05) is 17.3 Å². The Bertz CT molecular complexity index is 710. The van der Waals surface area contributed by atoms with Crippen LogP contribution in [0.25, 0.3) is 0 Å². The van der Waals surface area contributed by atoms with Gasteiger partial charge in [-0.2, -0.15) is 11.8 Å². The molecule has 1 atom stereocenters. The van der Waals surface area contributed by atoms with E-state index in [2.05, 4.69) is 10.0 Å². The predicted molar refractivity (Wildman–Crippen MR) is 92.5 cm³/mol. The Kier molecular flexibility index (Phi) is 5.89. The van der Waals surface area contributed by atoms with Crippen molar-refractivity contribution in [2.45, 2.75) is 25.4 Å². The highest BCUT2D eigenvalue weighted by molar-refractivity contribution is 7.99. The highest BCUT2D eigenvalue weighted by Gasteiger charge is 2.43. The molecular weight excluding hydrogens is 352 g/mol. The van der Waals surface area contributed by atoms with Crippen molar-refractivity contribution >= 4 is 33.7 Å². The van der Waals surface area contributed by atoms with E-state index in [0.717, 1.165) is 0 Å². The van der Waals surface area contributed by atoms with E-state index in [1.807, 2.05) is 0 Å². The summed E-state index contributed by atoms with van der Waals surface area (Å²) in [5.74, 6) is -0.413. The summed E-state index contributed by atoms with van der Waals surface area (Å²) in [6.07, 6.45) is 0.398. The molecule has 1 fully saturated rings. The van der Waals surface area contributed by atoms with Crippen LogP contribution in [0, 0.1) is 0 Å². The fourth-order valence-electron chi connectivity index (χ4n) is 2.24. The molecule has 24 heavy (non-hydrogen) atoms. The number of thioether (sulfide) groups is 1. The van der Waals surface area contributed by atoms with Gasteiger partial charge in [0, 0.05) is 17.9 Å². The molecule has 1 aliphatic rings. The lowest BCUT2D eigenvalue weighted by atomic mass is 9.98. The van der Waals surface area contributed by atoms with Crippen LogP contribution >= 0.6 is 11.8 Å². The molecule has 1 aliphatic heterocycles. The van der Waals surface area contributed by atoms with E-state index in [9.17, 15) is 23.1 Å². The summed E-state index contributed by atoms with van der Waals surface area (Å²) in [4.78, 5) is 23.7. The van der Waals surface area contributed by atoms with Gasteiger partial charge in [0.05, 0.1) is 5.75 Å². The number of carboxylic acid groups (broad SMARTS) is 1. The fourth-order valence-corrected chi connectivity index (χ4v) is 4.16. The molecule has 132 valence electrons. The first-order chi connectivity index (χ1) is 11.3. The van der Waals surface area contributed by atoms with Gasteiger partial charge in [0.2, 0.25) is 10.0 Å².